The minimum atomic E-state index is -0.614. The van der Waals surface area contributed by atoms with Gasteiger partial charge in [0, 0.05) is 30.5 Å². The van der Waals surface area contributed by atoms with Gasteiger partial charge in [-0.2, -0.15) is 0 Å². The van der Waals surface area contributed by atoms with Crippen LogP contribution in [-0.2, 0) is 0 Å². The summed E-state index contributed by atoms with van der Waals surface area (Å²) in [6, 6.07) is 9.87. The summed E-state index contributed by atoms with van der Waals surface area (Å²) in [5.41, 5.74) is 1.14. The summed E-state index contributed by atoms with van der Waals surface area (Å²) in [6.45, 7) is 8.00. The number of methoxy groups -OCH3 is 1. The Morgan fingerprint density at radius 3 is 2.25 bits per heavy atom. The predicted molar refractivity (Wildman–Crippen MR) is 109 cm³/mol. The summed E-state index contributed by atoms with van der Waals surface area (Å²) in [5.74, 6) is -0.114. The van der Waals surface area contributed by atoms with Gasteiger partial charge in [-0.3, -0.25) is 14.9 Å². The van der Waals surface area contributed by atoms with Crippen molar-refractivity contribution in [3.05, 3.63) is 52.1 Å². The lowest BCUT2D eigenvalue weighted by atomic mass is 10.1. The minimum Gasteiger partial charge on any atom is -0.493 e. The first kappa shape index (κ1) is 21.0. The summed E-state index contributed by atoms with van der Waals surface area (Å²) >= 11 is 0. The second kappa shape index (κ2) is 9.59. The van der Waals surface area contributed by atoms with Gasteiger partial charge in [-0.15, -0.1) is 0 Å². The fourth-order valence-corrected chi connectivity index (χ4v) is 2.85. The largest absolute Gasteiger partial charge is 0.493 e. The van der Waals surface area contributed by atoms with Crippen LogP contribution in [0.5, 0.6) is 11.5 Å². The number of ether oxygens (including phenoxy) is 2. The number of amides is 1. The van der Waals surface area contributed by atoms with Crippen molar-refractivity contribution in [2.75, 3.05) is 37.0 Å². The molecule has 0 heterocycles. The highest BCUT2D eigenvalue weighted by Gasteiger charge is 2.25. The Labute approximate surface area is 164 Å². The van der Waals surface area contributed by atoms with E-state index in [1.807, 2.05) is 12.1 Å². The van der Waals surface area contributed by atoms with E-state index in [0.717, 1.165) is 18.8 Å². The van der Waals surface area contributed by atoms with Gasteiger partial charge in [0.15, 0.2) is 11.5 Å². The Morgan fingerprint density at radius 2 is 1.75 bits per heavy atom. The molecule has 0 unspecified atom stereocenters. The van der Waals surface area contributed by atoms with E-state index in [-0.39, 0.29) is 22.7 Å². The van der Waals surface area contributed by atoms with E-state index in [4.69, 9.17) is 9.47 Å². The molecule has 0 aliphatic heterocycles. The zero-order valence-corrected chi connectivity index (χ0v) is 16.5. The van der Waals surface area contributed by atoms with Crippen molar-refractivity contribution in [3.63, 3.8) is 0 Å². The molecule has 2 aromatic carbocycles. The van der Waals surface area contributed by atoms with Crippen LogP contribution in [0.1, 0.15) is 31.1 Å². The van der Waals surface area contributed by atoms with E-state index < -0.39 is 10.8 Å². The van der Waals surface area contributed by atoms with E-state index in [1.54, 1.807) is 19.1 Å². The molecule has 0 saturated heterocycles. The average Bonchev–Trinajstić information content (AvgIpc) is 2.69. The van der Waals surface area contributed by atoms with Gasteiger partial charge in [0.2, 0.25) is 0 Å². The Kier molecular flexibility index (Phi) is 7.20. The van der Waals surface area contributed by atoms with Crippen LogP contribution in [0.3, 0.4) is 0 Å². The van der Waals surface area contributed by atoms with E-state index in [2.05, 4.69) is 24.1 Å². The van der Waals surface area contributed by atoms with E-state index in [0.29, 0.717) is 12.3 Å². The third kappa shape index (κ3) is 4.70. The second-order valence-corrected chi connectivity index (χ2v) is 5.88. The standard InChI is InChI=1S/C20H25N3O5/c1-5-22(6-2)15-10-8-14(9-11-15)21-20(24)16-12-19(28-7-3)18(27-4)13-17(16)23(25)26/h8-13H,5-7H2,1-4H3,(H,21,24). The highest BCUT2D eigenvalue weighted by atomic mass is 16.6. The number of benzene rings is 2. The van der Waals surface area contributed by atoms with Crippen molar-refractivity contribution >= 4 is 23.0 Å². The fourth-order valence-electron chi connectivity index (χ4n) is 2.85. The highest BCUT2D eigenvalue weighted by molar-refractivity contribution is 6.07. The number of anilines is 2. The summed E-state index contributed by atoms with van der Waals surface area (Å²) in [4.78, 5) is 25.7. The zero-order valence-electron chi connectivity index (χ0n) is 16.5. The van der Waals surface area contributed by atoms with Crippen molar-refractivity contribution in [1.82, 2.24) is 0 Å². The van der Waals surface area contributed by atoms with Crippen molar-refractivity contribution in [3.8, 4) is 11.5 Å². The number of hydrogen-bond acceptors (Lipinski definition) is 6. The fraction of sp³-hybridized carbons (Fsp3) is 0.350. The van der Waals surface area contributed by atoms with Gasteiger partial charge in [-0.1, -0.05) is 0 Å². The summed E-state index contributed by atoms with van der Waals surface area (Å²) in [6.07, 6.45) is 0. The second-order valence-electron chi connectivity index (χ2n) is 5.88. The summed E-state index contributed by atoms with van der Waals surface area (Å²) in [7, 11) is 1.39. The predicted octanol–water partition coefficient (Wildman–Crippen LogP) is 4.10. The normalized spacial score (nSPS) is 10.3. The lowest BCUT2D eigenvalue weighted by Gasteiger charge is -2.21. The van der Waals surface area contributed by atoms with E-state index >= 15 is 0 Å². The molecule has 0 atom stereocenters. The van der Waals surface area contributed by atoms with Crippen LogP contribution in [-0.4, -0.2) is 37.6 Å². The average molecular weight is 387 g/mol. The van der Waals surface area contributed by atoms with Crippen molar-refractivity contribution in [2.24, 2.45) is 0 Å². The number of nitro groups is 1. The molecule has 0 saturated carbocycles. The van der Waals surface area contributed by atoms with E-state index in [9.17, 15) is 14.9 Å². The van der Waals surface area contributed by atoms with Crippen molar-refractivity contribution < 1.29 is 19.2 Å². The number of hydrogen-bond donors (Lipinski definition) is 1. The molecule has 0 bridgehead atoms. The Morgan fingerprint density at radius 1 is 1.11 bits per heavy atom. The Bertz CT molecular complexity index is 832. The zero-order chi connectivity index (χ0) is 20.7. The molecule has 0 aromatic heterocycles. The molecule has 1 N–H and O–H groups in total. The third-order valence-corrected chi connectivity index (χ3v) is 4.28. The van der Waals surface area contributed by atoms with Crippen molar-refractivity contribution in [1.29, 1.82) is 0 Å². The number of carbonyl (C=O) groups excluding carboxylic acids is 1. The molecule has 0 radical (unpaired) electrons. The number of nitrogens with one attached hydrogen (secondary N) is 1. The molecule has 1 amide bonds. The van der Waals surface area contributed by atoms with Gasteiger partial charge in [-0.05, 0) is 45.0 Å². The highest BCUT2D eigenvalue weighted by Crippen LogP contribution is 2.35. The SMILES string of the molecule is CCOc1cc(C(=O)Nc2ccc(N(CC)CC)cc2)c([N+](=O)[O-])cc1OC. The maximum Gasteiger partial charge on any atom is 0.286 e. The smallest absolute Gasteiger partial charge is 0.286 e. The van der Waals surface area contributed by atoms with Gasteiger partial charge in [0.25, 0.3) is 11.6 Å². The molecular formula is C20H25N3O5. The third-order valence-electron chi connectivity index (χ3n) is 4.28. The van der Waals surface area contributed by atoms with E-state index in [1.165, 1.54) is 19.2 Å². The molecule has 0 aliphatic rings. The molecule has 2 rings (SSSR count). The van der Waals surface area contributed by atoms with Crippen molar-refractivity contribution in [2.45, 2.75) is 20.8 Å². The van der Waals surface area contributed by atoms with Crippen LogP contribution in [0.4, 0.5) is 17.1 Å². The number of nitrogens with zero attached hydrogens (tertiary/aromatic N) is 2. The number of carbonyl (C=O) groups is 1. The maximum atomic E-state index is 12.7. The minimum absolute atomic E-state index is 0.0953. The molecule has 2 aromatic rings. The Balaban J connectivity index is 2.32. The molecular weight excluding hydrogens is 362 g/mol. The number of rotatable bonds is 9. The molecule has 0 spiro atoms. The monoisotopic (exact) mass is 387 g/mol. The lowest BCUT2D eigenvalue weighted by Crippen LogP contribution is -2.21. The molecule has 28 heavy (non-hydrogen) atoms. The summed E-state index contributed by atoms with van der Waals surface area (Å²) < 4.78 is 10.6. The van der Waals surface area contributed by atoms with Crippen LogP contribution in [0.2, 0.25) is 0 Å². The van der Waals surface area contributed by atoms with Gasteiger partial charge in [0.05, 0.1) is 24.7 Å². The molecule has 0 fully saturated rings. The maximum absolute atomic E-state index is 12.7. The molecule has 8 nitrogen and oxygen atoms in total. The molecule has 8 heteroatoms. The van der Waals surface area contributed by atoms with Crippen LogP contribution in [0.15, 0.2) is 36.4 Å². The van der Waals surface area contributed by atoms with Crippen LogP contribution in [0, 0.1) is 10.1 Å². The molecule has 150 valence electrons. The first-order valence-corrected chi connectivity index (χ1v) is 9.10. The lowest BCUT2D eigenvalue weighted by molar-refractivity contribution is -0.385. The van der Waals surface area contributed by atoms with Crippen LogP contribution in [0.25, 0.3) is 0 Å². The Hall–Kier alpha value is -3.29. The first-order valence-electron chi connectivity index (χ1n) is 9.10. The van der Waals surface area contributed by atoms with Crippen LogP contribution < -0.4 is 19.7 Å². The van der Waals surface area contributed by atoms with Gasteiger partial charge in [0.1, 0.15) is 5.56 Å². The van der Waals surface area contributed by atoms with Gasteiger partial charge in [-0.25, -0.2) is 0 Å². The van der Waals surface area contributed by atoms with Gasteiger partial charge < -0.3 is 19.7 Å². The van der Waals surface area contributed by atoms with Crippen LogP contribution >= 0.6 is 0 Å². The summed E-state index contributed by atoms with van der Waals surface area (Å²) in [5, 5.41) is 14.1. The molecule has 0 aliphatic carbocycles. The van der Waals surface area contributed by atoms with Gasteiger partial charge >= 0.3 is 0 Å². The topological polar surface area (TPSA) is 93.9 Å². The quantitative estimate of drug-likeness (QED) is 0.514. The number of nitro benzene ring substituents is 1. The first-order chi connectivity index (χ1) is 13.4.